The number of hydrogen-bond acceptors (Lipinski definition) is 4. The number of amides is 1. The number of fused-ring (bicyclic) bond motifs is 2. The van der Waals surface area contributed by atoms with Crippen LogP contribution in [0.5, 0.6) is 0 Å². The van der Waals surface area contributed by atoms with Gasteiger partial charge in [0.05, 0.1) is 22.6 Å². The van der Waals surface area contributed by atoms with Gasteiger partial charge in [-0.05, 0) is 24.3 Å². The summed E-state index contributed by atoms with van der Waals surface area (Å²) in [5, 5.41) is 8.06. The number of aryl methyl sites for hydroxylation is 2. The summed E-state index contributed by atoms with van der Waals surface area (Å²) in [5.41, 5.74) is 1.57. The Balaban J connectivity index is 1.61. The molecule has 2 heterocycles. The van der Waals surface area contributed by atoms with E-state index in [2.05, 4.69) is 10.4 Å². The van der Waals surface area contributed by atoms with Gasteiger partial charge in [0, 0.05) is 25.2 Å². The molecule has 4 aromatic rings. The molecule has 136 valence electrons. The van der Waals surface area contributed by atoms with Gasteiger partial charge in [-0.1, -0.05) is 18.2 Å². The number of nitrogens with one attached hydrogen (secondary N) is 1. The molecule has 27 heavy (non-hydrogen) atoms. The van der Waals surface area contributed by atoms with E-state index in [0.717, 1.165) is 15.6 Å². The summed E-state index contributed by atoms with van der Waals surface area (Å²) in [5.74, 6) is -0.375. The summed E-state index contributed by atoms with van der Waals surface area (Å²) in [4.78, 5) is 36.8. The first-order valence-electron chi connectivity index (χ1n) is 8.36. The third-order valence-electron chi connectivity index (χ3n) is 4.61. The summed E-state index contributed by atoms with van der Waals surface area (Å²) in [6, 6.07) is 12.3. The fraction of sp³-hybridized carbons (Fsp3) is 0.158. The smallest absolute Gasteiger partial charge is 0.324 e. The second-order valence-corrected chi connectivity index (χ2v) is 6.35. The SMILES string of the molecule is Cn1c(=O)n(C)c2cc(NC(=O)Cn3ncc4ccccc4c3=O)ccc21. The zero-order chi connectivity index (χ0) is 19.1. The van der Waals surface area contributed by atoms with Crippen molar-refractivity contribution in [3.05, 3.63) is 69.5 Å². The Labute approximate surface area is 153 Å². The van der Waals surface area contributed by atoms with Crippen LogP contribution in [0.3, 0.4) is 0 Å². The third kappa shape index (κ3) is 2.80. The normalized spacial score (nSPS) is 11.2. The van der Waals surface area contributed by atoms with Gasteiger partial charge < -0.3 is 5.32 Å². The Hall–Kier alpha value is -3.68. The number of anilines is 1. The molecule has 0 aliphatic rings. The van der Waals surface area contributed by atoms with Crippen molar-refractivity contribution in [1.29, 1.82) is 0 Å². The Kier molecular flexibility index (Phi) is 3.88. The van der Waals surface area contributed by atoms with E-state index in [1.54, 1.807) is 61.3 Å². The molecule has 0 saturated carbocycles. The summed E-state index contributed by atoms with van der Waals surface area (Å²) in [6.07, 6.45) is 1.57. The first kappa shape index (κ1) is 16.8. The molecule has 0 atom stereocenters. The predicted molar refractivity (Wildman–Crippen MR) is 103 cm³/mol. The quantitative estimate of drug-likeness (QED) is 0.593. The number of imidazole rings is 1. The van der Waals surface area contributed by atoms with Crippen molar-refractivity contribution in [3.8, 4) is 0 Å². The van der Waals surface area contributed by atoms with Crippen LogP contribution in [0, 0.1) is 0 Å². The Morgan fingerprint density at radius 3 is 2.59 bits per heavy atom. The molecule has 0 fully saturated rings. The maximum absolute atomic E-state index is 12.5. The first-order chi connectivity index (χ1) is 13.0. The lowest BCUT2D eigenvalue weighted by atomic mass is 10.2. The van der Waals surface area contributed by atoms with Gasteiger partial charge in [0.25, 0.3) is 5.56 Å². The fourth-order valence-electron chi connectivity index (χ4n) is 3.16. The van der Waals surface area contributed by atoms with Crippen LogP contribution in [-0.4, -0.2) is 24.8 Å². The van der Waals surface area contributed by atoms with Gasteiger partial charge in [-0.3, -0.25) is 18.7 Å². The molecule has 0 unspecified atom stereocenters. The van der Waals surface area contributed by atoms with Crippen molar-refractivity contribution < 1.29 is 4.79 Å². The van der Waals surface area contributed by atoms with Gasteiger partial charge in [0.1, 0.15) is 6.54 Å². The molecular formula is C19H17N5O3. The molecule has 2 aromatic heterocycles. The molecule has 0 spiro atoms. The average molecular weight is 363 g/mol. The highest BCUT2D eigenvalue weighted by Gasteiger charge is 2.11. The predicted octanol–water partition coefficient (Wildman–Crippen LogP) is 1.23. The monoisotopic (exact) mass is 363 g/mol. The number of hydrogen-bond donors (Lipinski definition) is 1. The highest BCUT2D eigenvalue weighted by atomic mass is 16.2. The van der Waals surface area contributed by atoms with Gasteiger partial charge in [0.15, 0.2) is 0 Å². The van der Waals surface area contributed by atoms with E-state index in [9.17, 15) is 14.4 Å². The lowest BCUT2D eigenvalue weighted by Gasteiger charge is -2.08. The molecular weight excluding hydrogens is 346 g/mol. The van der Waals surface area contributed by atoms with Crippen LogP contribution in [-0.2, 0) is 25.4 Å². The van der Waals surface area contributed by atoms with Gasteiger partial charge >= 0.3 is 5.69 Å². The summed E-state index contributed by atoms with van der Waals surface area (Å²) < 4.78 is 4.19. The second-order valence-electron chi connectivity index (χ2n) is 6.35. The average Bonchev–Trinajstić information content (AvgIpc) is 2.88. The van der Waals surface area contributed by atoms with Gasteiger partial charge in [-0.25, -0.2) is 9.48 Å². The van der Waals surface area contributed by atoms with Crippen LogP contribution in [0.1, 0.15) is 0 Å². The van der Waals surface area contributed by atoms with Crippen molar-refractivity contribution in [3.63, 3.8) is 0 Å². The number of nitrogens with zero attached hydrogens (tertiary/aromatic N) is 4. The lowest BCUT2D eigenvalue weighted by molar-refractivity contribution is -0.117. The first-order valence-corrected chi connectivity index (χ1v) is 8.36. The molecule has 2 aromatic carbocycles. The van der Waals surface area contributed by atoms with Crippen LogP contribution >= 0.6 is 0 Å². The topological polar surface area (TPSA) is 90.9 Å². The van der Waals surface area contributed by atoms with Crippen LogP contribution in [0.4, 0.5) is 5.69 Å². The standard InChI is InChI=1S/C19H17N5O3/c1-22-15-8-7-13(9-16(15)23(2)19(22)27)21-17(25)11-24-18(26)14-6-4-3-5-12(14)10-20-24/h3-10H,11H2,1-2H3,(H,21,25). The number of carbonyl (C=O) groups is 1. The molecule has 8 nitrogen and oxygen atoms in total. The zero-order valence-electron chi connectivity index (χ0n) is 14.8. The van der Waals surface area contributed by atoms with E-state index in [0.29, 0.717) is 16.6 Å². The van der Waals surface area contributed by atoms with Gasteiger partial charge in [0.2, 0.25) is 5.91 Å². The van der Waals surface area contributed by atoms with Crippen molar-refractivity contribution in [2.45, 2.75) is 6.54 Å². The van der Waals surface area contributed by atoms with E-state index in [4.69, 9.17) is 0 Å². The highest BCUT2D eigenvalue weighted by molar-refractivity contribution is 5.93. The minimum Gasteiger partial charge on any atom is -0.324 e. The van der Waals surface area contributed by atoms with Crippen LogP contribution < -0.4 is 16.6 Å². The number of benzene rings is 2. The molecule has 1 amide bonds. The summed E-state index contributed by atoms with van der Waals surface area (Å²) in [6.45, 7) is -0.199. The maximum atomic E-state index is 12.5. The molecule has 0 bridgehead atoms. The van der Waals surface area contributed by atoms with E-state index < -0.39 is 0 Å². The number of carbonyl (C=O) groups excluding carboxylic acids is 1. The van der Waals surface area contributed by atoms with Crippen LogP contribution in [0.15, 0.2) is 58.3 Å². The Bertz CT molecular complexity index is 1310. The van der Waals surface area contributed by atoms with Crippen LogP contribution in [0.2, 0.25) is 0 Å². The molecule has 4 rings (SSSR count). The molecule has 0 aliphatic carbocycles. The number of aromatic nitrogens is 4. The van der Waals surface area contributed by atoms with E-state index in [1.807, 2.05) is 6.07 Å². The van der Waals surface area contributed by atoms with Gasteiger partial charge in [-0.15, -0.1) is 0 Å². The van der Waals surface area contributed by atoms with Crippen molar-refractivity contribution in [2.75, 3.05) is 5.32 Å². The summed E-state index contributed by atoms with van der Waals surface area (Å²) in [7, 11) is 3.37. The molecule has 0 saturated heterocycles. The molecule has 0 aliphatic heterocycles. The fourth-order valence-corrected chi connectivity index (χ4v) is 3.16. The third-order valence-corrected chi connectivity index (χ3v) is 4.61. The van der Waals surface area contributed by atoms with E-state index >= 15 is 0 Å². The second kappa shape index (κ2) is 6.24. The van der Waals surface area contributed by atoms with Crippen LogP contribution in [0.25, 0.3) is 21.8 Å². The Morgan fingerprint density at radius 1 is 1.04 bits per heavy atom. The van der Waals surface area contributed by atoms with Gasteiger partial charge in [-0.2, -0.15) is 5.10 Å². The van der Waals surface area contributed by atoms with Crippen molar-refractivity contribution >= 4 is 33.4 Å². The minimum atomic E-state index is -0.375. The lowest BCUT2D eigenvalue weighted by Crippen LogP contribution is -2.29. The maximum Gasteiger partial charge on any atom is 0.328 e. The minimum absolute atomic E-state index is 0.139. The summed E-state index contributed by atoms with van der Waals surface area (Å²) >= 11 is 0. The zero-order valence-corrected chi connectivity index (χ0v) is 14.8. The van der Waals surface area contributed by atoms with Crippen molar-refractivity contribution in [1.82, 2.24) is 18.9 Å². The van der Waals surface area contributed by atoms with Crippen molar-refractivity contribution in [2.24, 2.45) is 14.1 Å². The highest BCUT2D eigenvalue weighted by Crippen LogP contribution is 2.17. The Morgan fingerprint density at radius 2 is 1.78 bits per heavy atom. The van der Waals surface area contributed by atoms with E-state index in [-0.39, 0.29) is 23.7 Å². The largest absolute Gasteiger partial charge is 0.328 e. The number of rotatable bonds is 3. The van der Waals surface area contributed by atoms with E-state index in [1.165, 1.54) is 4.57 Å². The molecule has 0 radical (unpaired) electrons. The molecule has 1 N–H and O–H groups in total. The molecule has 8 heteroatoms.